The first-order valence-electron chi connectivity index (χ1n) is 7.77. The van der Waals surface area contributed by atoms with E-state index in [0.717, 1.165) is 24.2 Å². The Morgan fingerprint density at radius 2 is 1.76 bits per heavy atom. The van der Waals surface area contributed by atoms with Crippen LogP contribution < -0.4 is 10.8 Å². The fourth-order valence-electron chi connectivity index (χ4n) is 2.12. The van der Waals surface area contributed by atoms with Gasteiger partial charge in [-0.15, -0.1) is 0 Å². The Morgan fingerprint density at radius 1 is 1.14 bits per heavy atom. The molecular weight excluding hydrogens is 263 g/mol. The molecule has 1 aliphatic heterocycles. The minimum Gasteiger partial charge on any atom is -0.399 e. The summed E-state index contributed by atoms with van der Waals surface area (Å²) < 4.78 is 12.0. The summed E-state index contributed by atoms with van der Waals surface area (Å²) in [4.78, 5) is 4.44. The maximum absolute atomic E-state index is 6.02. The quantitative estimate of drug-likeness (QED) is 0.847. The molecule has 0 bridgehead atoms. The van der Waals surface area contributed by atoms with Gasteiger partial charge in [0.1, 0.15) is 5.82 Å². The summed E-state index contributed by atoms with van der Waals surface area (Å²) in [6, 6.07) is 4.01. The van der Waals surface area contributed by atoms with Crippen molar-refractivity contribution in [3.8, 4) is 0 Å². The van der Waals surface area contributed by atoms with E-state index >= 15 is 0 Å². The lowest BCUT2D eigenvalue weighted by atomic mass is 9.80. The topological polar surface area (TPSA) is 43.4 Å². The van der Waals surface area contributed by atoms with Gasteiger partial charge in [-0.3, -0.25) is 0 Å². The number of hydrogen-bond acceptors (Lipinski definition) is 4. The van der Waals surface area contributed by atoms with Crippen LogP contribution in [0, 0.1) is 5.92 Å². The number of nitrogens with zero attached hydrogens (tertiary/aromatic N) is 1. The Balaban J connectivity index is 1.97. The molecule has 2 rings (SSSR count). The van der Waals surface area contributed by atoms with E-state index in [1.807, 2.05) is 18.3 Å². The minimum atomic E-state index is -0.341. The van der Waals surface area contributed by atoms with Crippen LogP contribution in [-0.2, 0) is 9.31 Å². The summed E-state index contributed by atoms with van der Waals surface area (Å²) in [5.41, 5.74) is 0.334. The van der Waals surface area contributed by atoms with Crippen molar-refractivity contribution < 1.29 is 9.31 Å². The van der Waals surface area contributed by atoms with E-state index in [0.29, 0.717) is 5.92 Å². The molecule has 0 unspecified atom stereocenters. The normalized spacial score (nSPS) is 20.0. The molecule has 0 aromatic carbocycles. The molecule has 0 saturated carbocycles. The standard InChI is InChI=1S/C16H27BN2O2/c1-12(2)9-10-18-14-8-7-13(11-19-14)17-20-15(3,4)16(5,6)21-17/h7-8,11-12H,9-10H2,1-6H3,(H,18,19). The molecule has 1 aliphatic rings. The molecule has 0 radical (unpaired) electrons. The summed E-state index contributed by atoms with van der Waals surface area (Å²) in [7, 11) is -0.341. The molecule has 1 saturated heterocycles. The Labute approximate surface area is 128 Å². The molecule has 0 aliphatic carbocycles. The van der Waals surface area contributed by atoms with Gasteiger partial charge in [-0.2, -0.15) is 0 Å². The Hall–Kier alpha value is -1.07. The van der Waals surface area contributed by atoms with E-state index < -0.39 is 0 Å². The Morgan fingerprint density at radius 3 is 2.24 bits per heavy atom. The molecule has 1 fully saturated rings. The van der Waals surface area contributed by atoms with Crippen LogP contribution >= 0.6 is 0 Å². The zero-order chi connectivity index (χ0) is 15.7. The number of pyridine rings is 1. The van der Waals surface area contributed by atoms with Crippen LogP contribution in [0.3, 0.4) is 0 Å². The highest BCUT2D eigenvalue weighted by Crippen LogP contribution is 2.36. The van der Waals surface area contributed by atoms with Gasteiger partial charge >= 0.3 is 7.12 Å². The van der Waals surface area contributed by atoms with E-state index in [-0.39, 0.29) is 18.3 Å². The van der Waals surface area contributed by atoms with Crippen LogP contribution in [0.5, 0.6) is 0 Å². The second-order valence-corrected chi connectivity index (χ2v) is 7.17. The molecule has 1 aromatic heterocycles. The molecule has 4 nitrogen and oxygen atoms in total. The fourth-order valence-corrected chi connectivity index (χ4v) is 2.12. The maximum atomic E-state index is 6.02. The number of anilines is 1. The van der Waals surface area contributed by atoms with Crippen LogP contribution in [-0.4, -0.2) is 29.8 Å². The third-order valence-corrected chi connectivity index (χ3v) is 4.34. The molecule has 0 atom stereocenters. The molecule has 0 amide bonds. The largest absolute Gasteiger partial charge is 0.496 e. The van der Waals surface area contributed by atoms with Crippen molar-refractivity contribution in [2.45, 2.75) is 59.2 Å². The molecule has 21 heavy (non-hydrogen) atoms. The number of hydrogen-bond donors (Lipinski definition) is 1. The predicted octanol–water partition coefficient (Wildman–Crippen LogP) is 2.84. The van der Waals surface area contributed by atoms with Gasteiger partial charge in [0.15, 0.2) is 0 Å². The highest BCUT2D eigenvalue weighted by Gasteiger charge is 2.51. The van der Waals surface area contributed by atoms with Gasteiger partial charge in [0, 0.05) is 18.2 Å². The minimum absolute atomic E-state index is 0.314. The highest BCUT2D eigenvalue weighted by atomic mass is 16.7. The van der Waals surface area contributed by atoms with E-state index in [1.54, 1.807) is 0 Å². The second kappa shape index (κ2) is 5.97. The van der Waals surface area contributed by atoms with Crippen molar-refractivity contribution in [2.75, 3.05) is 11.9 Å². The first-order valence-corrected chi connectivity index (χ1v) is 7.77. The van der Waals surface area contributed by atoms with Gasteiger partial charge in [0.05, 0.1) is 11.2 Å². The third-order valence-electron chi connectivity index (χ3n) is 4.34. The van der Waals surface area contributed by atoms with Crippen LogP contribution in [0.2, 0.25) is 0 Å². The van der Waals surface area contributed by atoms with Crippen molar-refractivity contribution in [3.05, 3.63) is 18.3 Å². The fraction of sp³-hybridized carbons (Fsp3) is 0.688. The average Bonchev–Trinajstić information content (AvgIpc) is 2.59. The monoisotopic (exact) mass is 290 g/mol. The molecule has 5 heteroatoms. The van der Waals surface area contributed by atoms with Crippen LogP contribution in [0.4, 0.5) is 5.82 Å². The SMILES string of the molecule is CC(C)CCNc1ccc(B2OC(C)(C)C(C)(C)O2)cn1. The van der Waals surface area contributed by atoms with Crippen LogP contribution in [0.1, 0.15) is 48.0 Å². The van der Waals surface area contributed by atoms with Gasteiger partial charge in [-0.1, -0.05) is 19.9 Å². The summed E-state index contributed by atoms with van der Waals surface area (Å²) in [5.74, 6) is 1.59. The lowest BCUT2D eigenvalue weighted by molar-refractivity contribution is 0.00578. The van der Waals surface area contributed by atoms with E-state index in [4.69, 9.17) is 9.31 Å². The molecule has 2 heterocycles. The first kappa shape index (κ1) is 16.3. The smallest absolute Gasteiger partial charge is 0.399 e. The predicted molar refractivity (Wildman–Crippen MR) is 87.9 cm³/mol. The van der Waals surface area contributed by atoms with E-state index in [9.17, 15) is 0 Å². The average molecular weight is 290 g/mol. The van der Waals surface area contributed by atoms with Gasteiger partial charge in [0.2, 0.25) is 0 Å². The van der Waals surface area contributed by atoms with Crippen molar-refractivity contribution in [1.82, 2.24) is 4.98 Å². The Bertz CT molecular complexity index is 456. The first-order chi connectivity index (χ1) is 9.71. The van der Waals surface area contributed by atoms with Crippen molar-refractivity contribution in [2.24, 2.45) is 5.92 Å². The summed E-state index contributed by atoms with van der Waals surface area (Å²) >= 11 is 0. The zero-order valence-electron chi connectivity index (χ0n) is 14.1. The van der Waals surface area contributed by atoms with Crippen LogP contribution in [0.15, 0.2) is 18.3 Å². The molecule has 0 spiro atoms. The summed E-state index contributed by atoms with van der Waals surface area (Å²) in [5, 5.41) is 3.33. The second-order valence-electron chi connectivity index (χ2n) is 7.17. The molecular formula is C16H27BN2O2. The highest BCUT2D eigenvalue weighted by molar-refractivity contribution is 6.62. The van der Waals surface area contributed by atoms with Gasteiger partial charge in [0.25, 0.3) is 0 Å². The molecule has 1 aromatic rings. The van der Waals surface area contributed by atoms with E-state index in [1.165, 1.54) is 0 Å². The summed E-state index contributed by atoms with van der Waals surface area (Å²) in [6.07, 6.45) is 2.97. The van der Waals surface area contributed by atoms with Gasteiger partial charge < -0.3 is 14.6 Å². The van der Waals surface area contributed by atoms with Crippen molar-refractivity contribution in [1.29, 1.82) is 0 Å². The zero-order valence-corrected chi connectivity index (χ0v) is 14.1. The maximum Gasteiger partial charge on any atom is 0.496 e. The van der Waals surface area contributed by atoms with Crippen molar-refractivity contribution >= 4 is 18.4 Å². The van der Waals surface area contributed by atoms with E-state index in [2.05, 4.69) is 51.8 Å². The van der Waals surface area contributed by atoms with Crippen molar-refractivity contribution in [3.63, 3.8) is 0 Å². The number of aromatic nitrogens is 1. The van der Waals surface area contributed by atoms with Crippen LogP contribution in [0.25, 0.3) is 0 Å². The number of rotatable bonds is 5. The molecule has 1 N–H and O–H groups in total. The number of nitrogens with one attached hydrogen (secondary N) is 1. The lowest BCUT2D eigenvalue weighted by Gasteiger charge is -2.32. The third kappa shape index (κ3) is 3.77. The van der Waals surface area contributed by atoms with Gasteiger partial charge in [-0.05, 0) is 46.1 Å². The molecule has 116 valence electrons. The lowest BCUT2D eigenvalue weighted by Crippen LogP contribution is -2.41. The van der Waals surface area contributed by atoms with Gasteiger partial charge in [-0.25, -0.2) is 4.98 Å². The Kier molecular flexibility index (Phi) is 4.64. The summed E-state index contributed by atoms with van der Waals surface area (Å²) in [6.45, 7) is 13.6.